The predicted octanol–water partition coefficient (Wildman–Crippen LogP) is 3.95. The third kappa shape index (κ3) is 5.97. The van der Waals surface area contributed by atoms with E-state index in [9.17, 15) is 4.79 Å². The molecule has 33 heavy (non-hydrogen) atoms. The Morgan fingerprint density at radius 3 is 2.39 bits per heavy atom. The monoisotopic (exact) mass is 446 g/mol. The lowest BCUT2D eigenvalue weighted by atomic mass is 10.1. The number of anilines is 1. The fourth-order valence-electron chi connectivity index (χ4n) is 4.47. The van der Waals surface area contributed by atoms with Crippen molar-refractivity contribution in [1.82, 2.24) is 25.3 Å². The van der Waals surface area contributed by atoms with Crippen LogP contribution >= 0.6 is 0 Å². The van der Waals surface area contributed by atoms with Gasteiger partial charge in [0, 0.05) is 31.7 Å². The van der Waals surface area contributed by atoms with Gasteiger partial charge in [0.05, 0.1) is 5.69 Å². The molecule has 0 spiro atoms. The van der Waals surface area contributed by atoms with E-state index in [-0.39, 0.29) is 5.91 Å². The van der Waals surface area contributed by atoms with E-state index in [1.807, 2.05) is 48.9 Å². The van der Waals surface area contributed by atoms with Crippen molar-refractivity contribution in [3.8, 4) is 5.82 Å². The first kappa shape index (κ1) is 23.0. The Kier molecular flexibility index (Phi) is 7.70. The van der Waals surface area contributed by atoms with Crippen molar-refractivity contribution in [3.05, 3.63) is 65.0 Å². The third-order valence-electron chi connectivity index (χ3n) is 6.38. The average molecular weight is 447 g/mol. The van der Waals surface area contributed by atoms with Crippen LogP contribution in [0, 0.1) is 13.8 Å². The number of aromatic nitrogens is 4. The van der Waals surface area contributed by atoms with E-state index in [4.69, 9.17) is 0 Å². The zero-order valence-electron chi connectivity index (χ0n) is 19.8. The summed E-state index contributed by atoms with van der Waals surface area (Å²) < 4.78 is 1.84. The second-order valence-corrected chi connectivity index (χ2v) is 8.80. The lowest BCUT2D eigenvalue weighted by Gasteiger charge is -2.27. The summed E-state index contributed by atoms with van der Waals surface area (Å²) in [6.07, 6.45) is 6.76. The van der Waals surface area contributed by atoms with Crippen molar-refractivity contribution in [3.63, 3.8) is 0 Å². The number of rotatable bonds is 9. The molecule has 0 saturated carbocycles. The van der Waals surface area contributed by atoms with Gasteiger partial charge >= 0.3 is 0 Å². The molecule has 7 heteroatoms. The van der Waals surface area contributed by atoms with Crippen LogP contribution in [0.3, 0.4) is 0 Å². The molecule has 1 aromatic carbocycles. The molecule has 1 amide bonds. The van der Waals surface area contributed by atoms with Crippen molar-refractivity contribution >= 4 is 11.7 Å². The van der Waals surface area contributed by atoms with Crippen LogP contribution in [0.4, 0.5) is 5.82 Å². The number of carbonyl (C=O) groups is 1. The van der Waals surface area contributed by atoms with Crippen molar-refractivity contribution in [2.24, 2.45) is 0 Å². The minimum atomic E-state index is 0.0836. The number of aryl methyl sites for hydroxylation is 2. The summed E-state index contributed by atoms with van der Waals surface area (Å²) in [7, 11) is 0. The SMILES string of the molecule is Cc1nn(-c2ccc(N3CCCCC3)nn2)c(C)c1CCC(=O)NCCCc1ccccc1. The third-order valence-corrected chi connectivity index (χ3v) is 6.38. The molecule has 174 valence electrons. The molecule has 2 aromatic heterocycles. The number of piperidine rings is 1. The van der Waals surface area contributed by atoms with Crippen molar-refractivity contribution in [2.75, 3.05) is 24.5 Å². The molecule has 4 rings (SSSR count). The maximum absolute atomic E-state index is 12.3. The summed E-state index contributed by atoms with van der Waals surface area (Å²) in [5.41, 5.74) is 4.37. The molecule has 1 N–H and O–H groups in total. The van der Waals surface area contributed by atoms with Crippen molar-refractivity contribution in [1.29, 1.82) is 0 Å². The number of hydrogen-bond donors (Lipinski definition) is 1. The van der Waals surface area contributed by atoms with E-state index in [2.05, 4.69) is 37.6 Å². The van der Waals surface area contributed by atoms with Gasteiger partial charge in [0.25, 0.3) is 0 Å². The van der Waals surface area contributed by atoms with E-state index in [1.165, 1.54) is 24.8 Å². The van der Waals surface area contributed by atoms with Crippen LogP contribution in [0.5, 0.6) is 0 Å². The fourth-order valence-corrected chi connectivity index (χ4v) is 4.47. The van der Waals surface area contributed by atoms with Crippen LogP contribution in [0.25, 0.3) is 5.82 Å². The molecule has 0 atom stereocenters. The van der Waals surface area contributed by atoms with Gasteiger partial charge < -0.3 is 10.2 Å². The first-order chi connectivity index (χ1) is 16.1. The first-order valence-electron chi connectivity index (χ1n) is 12.1. The van der Waals surface area contributed by atoms with Gasteiger partial charge in [-0.05, 0) is 75.6 Å². The minimum Gasteiger partial charge on any atom is -0.356 e. The molecule has 0 radical (unpaired) electrons. The summed E-state index contributed by atoms with van der Waals surface area (Å²) in [5.74, 6) is 1.73. The molecule has 1 saturated heterocycles. The molecular formula is C26H34N6O. The predicted molar refractivity (Wildman–Crippen MR) is 131 cm³/mol. The van der Waals surface area contributed by atoms with Gasteiger partial charge in [-0.3, -0.25) is 4.79 Å². The molecule has 0 aliphatic carbocycles. The molecule has 0 unspecified atom stereocenters. The fraction of sp³-hybridized carbons (Fsp3) is 0.462. The van der Waals surface area contributed by atoms with Crippen LogP contribution in [-0.4, -0.2) is 45.5 Å². The Morgan fingerprint density at radius 2 is 1.67 bits per heavy atom. The van der Waals surface area contributed by atoms with Crippen LogP contribution in [-0.2, 0) is 17.6 Å². The lowest BCUT2D eigenvalue weighted by Crippen LogP contribution is -2.30. The zero-order valence-corrected chi connectivity index (χ0v) is 19.8. The van der Waals surface area contributed by atoms with E-state index in [1.54, 1.807) is 0 Å². The van der Waals surface area contributed by atoms with Gasteiger partial charge in [-0.25, -0.2) is 4.68 Å². The average Bonchev–Trinajstić information content (AvgIpc) is 3.15. The smallest absolute Gasteiger partial charge is 0.220 e. The van der Waals surface area contributed by atoms with Gasteiger partial charge in [0.15, 0.2) is 11.6 Å². The van der Waals surface area contributed by atoms with Crippen molar-refractivity contribution < 1.29 is 4.79 Å². The number of nitrogens with zero attached hydrogens (tertiary/aromatic N) is 5. The summed E-state index contributed by atoms with van der Waals surface area (Å²) in [5, 5.41) is 16.6. The maximum atomic E-state index is 12.3. The van der Waals surface area contributed by atoms with Crippen LogP contribution in [0.15, 0.2) is 42.5 Å². The number of carbonyl (C=O) groups excluding carboxylic acids is 1. The van der Waals surface area contributed by atoms with Gasteiger partial charge in [0.1, 0.15) is 0 Å². The van der Waals surface area contributed by atoms with Crippen LogP contribution < -0.4 is 10.2 Å². The van der Waals surface area contributed by atoms with Crippen molar-refractivity contribution in [2.45, 2.75) is 58.8 Å². The first-order valence-corrected chi connectivity index (χ1v) is 12.1. The quantitative estimate of drug-likeness (QED) is 0.504. The van der Waals surface area contributed by atoms with Gasteiger partial charge in [-0.1, -0.05) is 30.3 Å². The Morgan fingerprint density at radius 1 is 0.939 bits per heavy atom. The Hall–Kier alpha value is -3.22. The number of hydrogen-bond acceptors (Lipinski definition) is 5. The number of benzene rings is 1. The van der Waals surface area contributed by atoms with E-state index in [0.717, 1.165) is 48.7 Å². The molecule has 1 aliphatic heterocycles. The lowest BCUT2D eigenvalue weighted by molar-refractivity contribution is -0.121. The molecule has 1 fully saturated rings. The zero-order chi connectivity index (χ0) is 23.0. The second kappa shape index (κ2) is 11.1. The molecule has 3 aromatic rings. The molecule has 3 heterocycles. The molecule has 0 bridgehead atoms. The van der Waals surface area contributed by atoms with Gasteiger partial charge in [0.2, 0.25) is 5.91 Å². The van der Waals surface area contributed by atoms with Crippen LogP contribution in [0.2, 0.25) is 0 Å². The summed E-state index contributed by atoms with van der Waals surface area (Å²) in [6.45, 7) is 6.82. The van der Waals surface area contributed by atoms with E-state index < -0.39 is 0 Å². The number of amides is 1. The van der Waals surface area contributed by atoms with E-state index in [0.29, 0.717) is 25.2 Å². The Labute approximate surface area is 196 Å². The summed E-state index contributed by atoms with van der Waals surface area (Å²) in [4.78, 5) is 14.6. The Bertz CT molecular complexity index is 1040. The maximum Gasteiger partial charge on any atom is 0.220 e. The Balaban J connectivity index is 1.29. The second-order valence-electron chi connectivity index (χ2n) is 8.80. The molecule has 7 nitrogen and oxygen atoms in total. The van der Waals surface area contributed by atoms with Gasteiger partial charge in [-0.2, -0.15) is 5.10 Å². The summed E-state index contributed by atoms with van der Waals surface area (Å²) in [6, 6.07) is 14.4. The highest BCUT2D eigenvalue weighted by molar-refractivity contribution is 5.76. The molecular weight excluding hydrogens is 412 g/mol. The highest BCUT2D eigenvalue weighted by Crippen LogP contribution is 2.21. The minimum absolute atomic E-state index is 0.0836. The van der Waals surface area contributed by atoms with E-state index >= 15 is 0 Å². The molecule has 1 aliphatic rings. The van der Waals surface area contributed by atoms with Crippen LogP contribution in [0.1, 0.15) is 54.6 Å². The largest absolute Gasteiger partial charge is 0.356 e. The summed E-state index contributed by atoms with van der Waals surface area (Å²) >= 11 is 0. The topological polar surface area (TPSA) is 75.9 Å². The van der Waals surface area contributed by atoms with Gasteiger partial charge in [-0.15, -0.1) is 10.2 Å². The highest BCUT2D eigenvalue weighted by Gasteiger charge is 2.17. The number of nitrogens with one attached hydrogen (secondary N) is 1. The standard InChI is InChI=1S/C26H34N6O/c1-20-23(13-16-26(33)27-17-9-12-22-10-5-3-6-11-22)21(2)32(30-20)25-15-14-24(28-29-25)31-18-7-4-8-19-31/h3,5-6,10-11,14-15H,4,7-9,12-13,16-19H2,1-2H3,(H,27,33). The normalized spacial score (nSPS) is 13.8. The highest BCUT2D eigenvalue weighted by atomic mass is 16.1.